The van der Waals surface area contributed by atoms with Crippen molar-refractivity contribution in [3.63, 3.8) is 0 Å². The first-order chi connectivity index (χ1) is 9.81. The van der Waals surface area contributed by atoms with Crippen molar-refractivity contribution in [1.82, 2.24) is 10.2 Å². The van der Waals surface area contributed by atoms with Gasteiger partial charge in [0, 0.05) is 46.5 Å². The van der Waals surface area contributed by atoms with Gasteiger partial charge < -0.3 is 19.7 Å². The summed E-state index contributed by atoms with van der Waals surface area (Å²) in [6.45, 7) is 5.02. The van der Waals surface area contributed by atoms with Crippen molar-refractivity contribution >= 4 is 0 Å². The first-order valence-electron chi connectivity index (χ1n) is 8.19. The highest BCUT2D eigenvalue weighted by molar-refractivity contribution is 4.81. The van der Waals surface area contributed by atoms with Crippen LogP contribution < -0.4 is 5.32 Å². The Morgan fingerprint density at radius 1 is 1.00 bits per heavy atom. The SMILES string of the molecule is CNC1CCCCCC1CN(CCCOC)CCOC. The first kappa shape index (κ1) is 17.9. The smallest absolute Gasteiger partial charge is 0.0589 e. The highest BCUT2D eigenvalue weighted by atomic mass is 16.5. The van der Waals surface area contributed by atoms with Crippen molar-refractivity contribution in [2.24, 2.45) is 5.92 Å². The number of hydrogen-bond donors (Lipinski definition) is 1. The lowest BCUT2D eigenvalue weighted by Gasteiger charge is -2.31. The van der Waals surface area contributed by atoms with Crippen LogP contribution in [0.1, 0.15) is 38.5 Å². The van der Waals surface area contributed by atoms with E-state index in [4.69, 9.17) is 9.47 Å². The van der Waals surface area contributed by atoms with Crippen molar-refractivity contribution < 1.29 is 9.47 Å². The van der Waals surface area contributed by atoms with Gasteiger partial charge in [-0.1, -0.05) is 19.3 Å². The molecule has 1 saturated carbocycles. The average molecular weight is 286 g/mol. The van der Waals surface area contributed by atoms with Gasteiger partial charge in [0.25, 0.3) is 0 Å². The Labute approximate surface area is 125 Å². The van der Waals surface area contributed by atoms with Crippen molar-refractivity contribution in [3.05, 3.63) is 0 Å². The van der Waals surface area contributed by atoms with Gasteiger partial charge in [-0.05, 0) is 32.2 Å². The van der Waals surface area contributed by atoms with Crippen LogP contribution in [0.3, 0.4) is 0 Å². The number of methoxy groups -OCH3 is 2. The number of ether oxygens (including phenoxy) is 2. The van der Waals surface area contributed by atoms with Gasteiger partial charge in [-0.25, -0.2) is 0 Å². The second kappa shape index (κ2) is 11.5. The van der Waals surface area contributed by atoms with Crippen molar-refractivity contribution in [2.75, 3.05) is 54.1 Å². The zero-order valence-electron chi connectivity index (χ0n) is 13.7. The third kappa shape index (κ3) is 7.02. The summed E-state index contributed by atoms with van der Waals surface area (Å²) < 4.78 is 10.4. The topological polar surface area (TPSA) is 33.7 Å². The summed E-state index contributed by atoms with van der Waals surface area (Å²) in [4.78, 5) is 2.56. The molecule has 0 spiro atoms. The molecule has 4 heteroatoms. The minimum Gasteiger partial charge on any atom is -0.385 e. The first-order valence-corrected chi connectivity index (χ1v) is 8.19. The van der Waals surface area contributed by atoms with E-state index in [1.165, 1.54) is 38.6 Å². The van der Waals surface area contributed by atoms with Crippen molar-refractivity contribution in [3.8, 4) is 0 Å². The fourth-order valence-electron chi connectivity index (χ4n) is 3.26. The van der Waals surface area contributed by atoms with Crippen molar-refractivity contribution in [2.45, 2.75) is 44.6 Å². The molecule has 0 aliphatic heterocycles. The van der Waals surface area contributed by atoms with Crippen LogP contribution in [0.15, 0.2) is 0 Å². The maximum Gasteiger partial charge on any atom is 0.0589 e. The summed E-state index contributed by atoms with van der Waals surface area (Å²) in [5.41, 5.74) is 0. The molecule has 2 unspecified atom stereocenters. The van der Waals surface area contributed by atoms with E-state index >= 15 is 0 Å². The normalized spacial score (nSPS) is 24.0. The lowest BCUT2D eigenvalue weighted by atomic mass is 9.94. The Kier molecular flexibility index (Phi) is 10.3. The van der Waals surface area contributed by atoms with E-state index in [1.54, 1.807) is 14.2 Å². The summed E-state index contributed by atoms with van der Waals surface area (Å²) in [5, 5.41) is 3.54. The van der Waals surface area contributed by atoms with E-state index in [0.717, 1.165) is 38.6 Å². The van der Waals surface area contributed by atoms with Gasteiger partial charge >= 0.3 is 0 Å². The van der Waals surface area contributed by atoms with Crippen LogP contribution in [-0.2, 0) is 9.47 Å². The molecule has 1 aliphatic carbocycles. The van der Waals surface area contributed by atoms with Gasteiger partial charge in [-0.2, -0.15) is 0 Å². The Balaban J connectivity index is 2.46. The lowest BCUT2D eigenvalue weighted by Crippen LogP contribution is -2.42. The quantitative estimate of drug-likeness (QED) is 0.493. The monoisotopic (exact) mass is 286 g/mol. The molecule has 4 nitrogen and oxygen atoms in total. The molecule has 0 heterocycles. The van der Waals surface area contributed by atoms with Crippen LogP contribution in [0.4, 0.5) is 0 Å². The van der Waals surface area contributed by atoms with E-state index < -0.39 is 0 Å². The molecule has 20 heavy (non-hydrogen) atoms. The molecule has 1 rings (SSSR count). The Morgan fingerprint density at radius 3 is 2.45 bits per heavy atom. The summed E-state index contributed by atoms with van der Waals surface area (Å²) >= 11 is 0. The summed E-state index contributed by atoms with van der Waals surface area (Å²) in [5.74, 6) is 0.780. The second-order valence-electron chi connectivity index (χ2n) is 5.93. The largest absolute Gasteiger partial charge is 0.385 e. The average Bonchev–Trinajstić information content (AvgIpc) is 2.69. The van der Waals surface area contributed by atoms with Gasteiger partial charge in [0.05, 0.1) is 6.61 Å². The van der Waals surface area contributed by atoms with Gasteiger partial charge in [0.15, 0.2) is 0 Å². The molecule has 2 atom stereocenters. The van der Waals surface area contributed by atoms with Crippen molar-refractivity contribution in [1.29, 1.82) is 0 Å². The standard InChI is InChI=1S/C16H34N2O2/c1-17-16-9-6-4-5-8-15(16)14-18(11-13-20-3)10-7-12-19-2/h15-17H,4-14H2,1-3H3. The predicted octanol–water partition coefficient (Wildman–Crippen LogP) is 2.14. The molecule has 0 aromatic rings. The molecule has 1 N–H and O–H groups in total. The second-order valence-corrected chi connectivity index (χ2v) is 5.93. The van der Waals surface area contributed by atoms with Gasteiger partial charge in [0.2, 0.25) is 0 Å². The van der Waals surface area contributed by atoms with Crippen LogP contribution in [0, 0.1) is 5.92 Å². The molecule has 0 amide bonds. The van der Waals surface area contributed by atoms with Crippen LogP contribution >= 0.6 is 0 Å². The summed E-state index contributed by atoms with van der Waals surface area (Å²) in [6, 6.07) is 0.685. The third-order valence-corrected chi connectivity index (χ3v) is 4.46. The van der Waals surface area contributed by atoms with E-state index in [9.17, 15) is 0 Å². The van der Waals surface area contributed by atoms with Gasteiger partial charge in [0.1, 0.15) is 0 Å². The minimum absolute atomic E-state index is 0.685. The number of nitrogens with zero attached hydrogens (tertiary/aromatic N) is 1. The Bertz CT molecular complexity index is 227. The maximum absolute atomic E-state index is 5.26. The molecule has 0 saturated heterocycles. The van der Waals surface area contributed by atoms with Crippen LogP contribution in [0.2, 0.25) is 0 Å². The molecule has 120 valence electrons. The molecular weight excluding hydrogens is 252 g/mol. The van der Waals surface area contributed by atoms with E-state index in [0.29, 0.717) is 6.04 Å². The van der Waals surface area contributed by atoms with Crippen LogP contribution in [-0.4, -0.2) is 65.1 Å². The zero-order chi connectivity index (χ0) is 14.6. The number of nitrogens with one attached hydrogen (secondary N) is 1. The Hall–Kier alpha value is -0.160. The Morgan fingerprint density at radius 2 is 1.75 bits per heavy atom. The molecule has 1 fully saturated rings. The molecule has 0 aromatic heterocycles. The number of rotatable bonds is 10. The highest BCUT2D eigenvalue weighted by Crippen LogP contribution is 2.24. The molecule has 0 bridgehead atoms. The highest BCUT2D eigenvalue weighted by Gasteiger charge is 2.24. The fraction of sp³-hybridized carbons (Fsp3) is 1.00. The maximum atomic E-state index is 5.26. The van der Waals surface area contributed by atoms with E-state index in [2.05, 4.69) is 17.3 Å². The molecule has 0 radical (unpaired) electrons. The molecule has 0 aromatic carbocycles. The van der Waals surface area contributed by atoms with Gasteiger partial charge in [-0.3, -0.25) is 0 Å². The zero-order valence-corrected chi connectivity index (χ0v) is 13.7. The van der Waals surface area contributed by atoms with Gasteiger partial charge in [-0.15, -0.1) is 0 Å². The molecular formula is C16H34N2O2. The van der Waals surface area contributed by atoms with E-state index in [1.807, 2.05) is 0 Å². The minimum atomic E-state index is 0.685. The summed E-state index contributed by atoms with van der Waals surface area (Å²) in [6.07, 6.45) is 7.97. The third-order valence-electron chi connectivity index (χ3n) is 4.46. The fourth-order valence-corrected chi connectivity index (χ4v) is 3.26. The van der Waals surface area contributed by atoms with E-state index in [-0.39, 0.29) is 0 Å². The number of hydrogen-bond acceptors (Lipinski definition) is 4. The van der Waals surface area contributed by atoms with Crippen LogP contribution in [0.25, 0.3) is 0 Å². The predicted molar refractivity (Wildman–Crippen MR) is 84.2 cm³/mol. The summed E-state index contributed by atoms with van der Waals surface area (Å²) in [7, 11) is 5.69. The van der Waals surface area contributed by atoms with Crippen LogP contribution in [0.5, 0.6) is 0 Å². The molecule has 1 aliphatic rings. The lowest BCUT2D eigenvalue weighted by molar-refractivity contribution is 0.115.